The summed E-state index contributed by atoms with van der Waals surface area (Å²) in [5.74, 6) is 1.19. The summed E-state index contributed by atoms with van der Waals surface area (Å²) >= 11 is 0. The van der Waals surface area contributed by atoms with Crippen molar-refractivity contribution in [3.8, 4) is 0 Å². The molecule has 0 saturated heterocycles. The molecule has 0 atom stereocenters. The fourth-order valence-electron chi connectivity index (χ4n) is 2.48. The van der Waals surface area contributed by atoms with Crippen LogP contribution >= 0.6 is 0 Å². The van der Waals surface area contributed by atoms with E-state index in [4.69, 9.17) is 9.72 Å². The Balaban J connectivity index is 2.30. The Morgan fingerprint density at radius 2 is 2.17 bits per heavy atom. The average Bonchev–Trinajstić information content (AvgIpc) is 2.69. The number of fused-ring (bicyclic) bond motifs is 1. The summed E-state index contributed by atoms with van der Waals surface area (Å²) in [6.45, 7) is 13.2. The second-order valence-corrected chi connectivity index (χ2v) is 5.85. The average molecular weight is 251 g/mol. The lowest BCUT2D eigenvalue weighted by atomic mass is 9.95. The van der Waals surface area contributed by atoms with E-state index in [2.05, 4.69) is 30.7 Å². The second kappa shape index (κ2) is 5.41. The SMILES string of the molecule is CCOCCn1c(C(C)(C)C)nc2c1CCNC2. The standard InChI is InChI=1S/C14H25N3O/c1-5-18-9-8-17-12-6-7-15-10-11(12)16-13(17)14(2,3)4/h15H,5-10H2,1-4H3. The van der Waals surface area contributed by atoms with Crippen LogP contribution in [-0.4, -0.2) is 29.3 Å². The number of rotatable bonds is 4. The molecule has 4 heteroatoms. The summed E-state index contributed by atoms with van der Waals surface area (Å²) in [5.41, 5.74) is 2.71. The Bertz CT molecular complexity index is 404. The second-order valence-electron chi connectivity index (χ2n) is 5.85. The molecule has 0 bridgehead atoms. The number of imidazole rings is 1. The molecule has 1 aliphatic heterocycles. The highest BCUT2D eigenvalue weighted by Crippen LogP contribution is 2.26. The van der Waals surface area contributed by atoms with Gasteiger partial charge < -0.3 is 14.6 Å². The van der Waals surface area contributed by atoms with Crippen molar-refractivity contribution < 1.29 is 4.74 Å². The van der Waals surface area contributed by atoms with Crippen molar-refractivity contribution in [1.82, 2.24) is 14.9 Å². The number of aromatic nitrogens is 2. The van der Waals surface area contributed by atoms with E-state index in [1.165, 1.54) is 17.2 Å². The van der Waals surface area contributed by atoms with Crippen LogP contribution in [0.25, 0.3) is 0 Å². The van der Waals surface area contributed by atoms with Crippen molar-refractivity contribution in [3.63, 3.8) is 0 Å². The maximum atomic E-state index is 5.50. The van der Waals surface area contributed by atoms with Crippen LogP contribution in [0.15, 0.2) is 0 Å². The van der Waals surface area contributed by atoms with Crippen LogP contribution in [0.2, 0.25) is 0 Å². The lowest BCUT2D eigenvalue weighted by Crippen LogP contribution is -2.26. The molecule has 1 aromatic rings. The fraction of sp³-hybridized carbons (Fsp3) is 0.786. The van der Waals surface area contributed by atoms with Crippen LogP contribution < -0.4 is 5.32 Å². The molecule has 0 aromatic carbocycles. The Labute approximate surface area is 110 Å². The van der Waals surface area contributed by atoms with E-state index in [1.54, 1.807) is 0 Å². The summed E-state index contributed by atoms with van der Waals surface area (Å²) in [7, 11) is 0. The highest BCUT2D eigenvalue weighted by atomic mass is 16.5. The van der Waals surface area contributed by atoms with Crippen LogP contribution in [0, 0.1) is 0 Å². The van der Waals surface area contributed by atoms with Gasteiger partial charge in [0.15, 0.2) is 0 Å². The molecule has 102 valence electrons. The molecule has 1 N–H and O–H groups in total. The summed E-state index contributed by atoms with van der Waals surface area (Å²) < 4.78 is 7.88. The van der Waals surface area contributed by atoms with E-state index in [-0.39, 0.29) is 5.41 Å². The first-order valence-corrected chi connectivity index (χ1v) is 6.91. The zero-order chi connectivity index (χ0) is 13.2. The predicted octanol–water partition coefficient (Wildman–Crippen LogP) is 1.86. The van der Waals surface area contributed by atoms with Gasteiger partial charge in [-0.1, -0.05) is 20.8 Å². The van der Waals surface area contributed by atoms with Gasteiger partial charge in [-0.05, 0) is 6.92 Å². The number of hydrogen-bond acceptors (Lipinski definition) is 3. The van der Waals surface area contributed by atoms with Gasteiger partial charge >= 0.3 is 0 Å². The molecule has 0 radical (unpaired) electrons. The minimum absolute atomic E-state index is 0.0869. The number of hydrogen-bond donors (Lipinski definition) is 1. The first kappa shape index (κ1) is 13.6. The molecule has 2 rings (SSSR count). The molecule has 0 saturated carbocycles. The van der Waals surface area contributed by atoms with E-state index in [1.807, 2.05) is 6.92 Å². The Morgan fingerprint density at radius 3 is 2.83 bits per heavy atom. The van der Waals surface area contributed by atoms with Crippen molar-refractivity contribution in [2.75, 3.05) is 19.8 Å². The number of ether oxygens (including phenoxy) is 1. The van der Waals surface area contributed by atoms with Gasteiger partial charge in [-0.15, -0.1) is 0 Å². The lowest BCUT2D eigenvalue weighted by molar-refractivity contribution is 0.137. The van der Waals surface area contributed by atoms with E-state index < -0.39 is 0 Å². The fourth-order valence-corrected chi connectivity index (χ4v) is 2.48. The Hall–Kier alpha value is -0.870. The zero-order valence-electron chi connectivity index (χ0n) is 12.0. The van der Waals surface area contributed by atoms with Gasteiger partial charge in [0.25, 0.3) is 0 Å². The maximum Gasteiger partial charge on any atom is 0.114 e. The summed E-state index contributed by atoms with van der Waals surface area (Å²) in [6.07, 6.45) is 1.07. The summed E-state index contributed by atoms with van der Waals surface area (Å²) in [5, 5.41) is 3.39. The van der Waals surface area contributed by atoms with Crippen molar-refractivity contribution in [1.29, 1.82) is 0 Å². The first-order valence-electron chi connectivity index (χ1n) is 6.91. The van der Waals surface area contributed by atoms with Crippen molar-refractivity contribution >= 4 is 0 Å². The Kier molecular flexibility index (Phi) is 4.07. The lowest BCUT2D eigenvalue weighted by Gasteiger charge is -2.21. The first-order chi connectivity index (χ1) is 8.54. The highest BCUT2D eigenvalue weighted by molar-refractivity contribution is 5.23. The van der Waals surface area contributed by atoms with Gasteiger partial charge in [-0.3, -0.25) is 0 Å². The van der Waals surface area contributed by atoms with Crippen LogP contribution in [0.3, 0.4) is 0 Å². The van der Waals surface area contributed by atoms with Gasteiger partial charge in [-0.25, -0.2) is 4.98 Å². The van der Waals surface area contributed by atoms with Gasteiger partial charge in [0, 0.05) is 43.8 Å². The third-order valence-corrected chi connectivity index (χ3v) is 3.32. The molecular weight excluding hydrogens is 226 g/mol. The summed E-state index contributed by atoms with van der Waals surface area (Å²) in [4.78, 5) is 4.85. The normalized spacial score (nSPS) is 15.8. The largest absolute Gasteiger partial charge is 0.380 e. The highest BCUT2D eigenvalue weighted by Gasteiger charge is 2.26. The molecule has 0 unspecified atom stereocenters. The minimum atomic E-state index is 0.0869. The van der Waals surface area contributed by atoms with Gasteiger partial charge in [0.2, 0.25) is 0 Å². The number of nitrogens with zero attached hydrogens (tertiary/aromatic N) is 2. The molecule has 4 nitrogen and oxygen atoms in total. The van der Waals surface area contributed by atoms with Crippen LogP contribution in [0.5, 0.6) is 0 Å². The van der Waals surface area contributed by atoms with E-state index in [0.29, 0.717) is 0 Å². The zero-order valence-corrected chi connectivity index (χ0v) is 12.0. The van der Waals surface area contributed by atoms with Crippen LogP contribution in [-0.2, 0) is 29.7 Å². The van der Waals surface area contributed by atoms with Gasteiger partial charge in [0.1, 0.15) is 5.82 Å². The van der Waals surface area contributed by atoms with Crippen molar-refractivity contribution in [2.45, 2.75) is 52.6 Å². The molecule has 1 aromatic heterocycles. The predicted molar refractivity (Wildman–Crippen MR) is 72.8 cm³/mol. The van der Waals surface area contributed by atoms with E-state index >= 15 is 0 Å². The molecule has 18 heavy (non-hydrogen) atoms. The van der Waals surface area contributed by atoms with Gasteiger partial charge in [-0.2, -0.15) is 0 Å². The number of nitrogens with one attached hydrogen (secondary N) is 1. The van der Waals surface area contributed by atoms with Crippen molar-refractivity contribution in [3.05, 3.63) is 17.2 Å². The topological polar surface area (TPSA) is 39.1 Å². The Morgan fingerprint density at radius 1 is 1.39 bits per heavy atom. The minimum Gasteiger partial charge on any atom is -0.380 e. The van der Waals surface area contributed by atoms with Crippen LogP contribution in [0.4, 0.5) is 0 Å². The molecule has 0 spiro atoms. The smallest absolute Gasteiger partial charge is 0.114 e. The maximum absolute atomic E-state index is 5.50. The quantitative estimate of drug-likeness (QED) is 0.830. The third kappa shape index (κ3) is 2.75. The van der Waals surface area contributed by atoms with Crippen molar-refractivity contribution in [2.24, 2.45) is 0 Å². The van der Waals surface area contributed by atoms with Gasteiger partial charge in [0.05, 0.1) is 12.3 Å². The molecule has 1 aliphatic rings. The van der Waals surface area contributed by atoms with E-state index in [0.717, 1.165) is 39.3 Å². The third-order valence-electron chi connectivity index (χ3n) is 3.32. The molecule has 2 heterocycles. The summed E-state index contributed by atoms with van der Waals surface area (Å²) in [6, 6.07) is 0. The monoisotopic (exact) mass is 251 g/mol. The van der Waals surface area contributed by atoms with Crippen LogP contribution in [0.1, 0.15) is 44.9 Å². The van der Waals surface area contributed by atoms with E-state index in [9.17, 15) is 0 Å². The molecular formula is C14H25N3O. The molecule has 0 amide bonds. The molecule has 0 aliphatic carbocycles. The molecule has 0 fully saturated rings.